The second kappa shape index (κ2) is 5.09. The lowest BCUT2D eigenvalue weighted by Gasteiger charge is -2.00. The predicted octanol–water partition coefficient (Wildman–Crippen LogP) is 1.07. The third-order valence-electron chi connectivity index (χ3n) is 1.96. The van der Waals surface area contributed by atoms with Crippen molar-refractivity contribution >= 4 is 34.9 Å². The van der Waals surface area contributed by atoms with Gasteiger partial charge in [0.25, 0.3) is 0 Å². The van der Waals surface area contributed by atoms with Crippen molar-refractivity contribution in [2.45, 2.75) is 17.5 Å². The van der Waals surface area contributed by atoms with Crippen molar-refractivity contribution in [1.29, 1.82) is 0 Å². The lowest BCUT2D eigenvalue weighted by Crippen LogP contribution is -2.05. The summed E-state index contributed by atoms with van der Waals surface area (Å²) in [6.45, 7) is 0.378. The fourth-order valence-corrected chi connectivity index (χ4v) is 2.73. The Morgan fingerprint density at radius 1 is 1.44 bits per heavy atom. The van der Waals surface area contributed by atoms with Crippen LogP contribution in [-0.4, -0.2) is 24.4 Å². The number of hydrogen-bond donors (Lipinski definition) is 1. The lowest BCUT2D eigenvalue weighted by molar-refractivity contribution is 0.734. The van der Waals surface area contributed by atoms with Gasteiger partial charge < -0.3 is 10.3 Å². The molecule has 2 heterocycles. The largest absolute Gasteiger partial charge is 0.324 e. The summed E-state index contributed by atoms with van der Waals surface area (Å²) in [7, 11) is 1.88. The Kier molecular flexibility index (Phi) is 3.74. The van der Waals surface area contributed by atoms with Gasteiger partial charge in [0.2, 0.25) is 0 Å². The van der Waals surface area contributed by atoms with Gasteiger partial charge >= 0.3 is 0 Å². The molecule has 86 valence electrons. The number of aromatic nitrogens is 5. The molecule has 0 unspecified atom stereocenters. The summed E-state index contributed by atoms with van der Waals surface area (Å²) < 4.78 is 6.24. The molecule has 16 heavy (non-hydrogen) atoms. The minimum atomic E-state index is 0.378. The Balaban J connectivity index is 2.05. The highest BCUT2D eigenvalue weighted by Gasteiger charge is 2.11. The van der Waals surface area contributed by atoms with E-state index in [-0.39, 0.29) is 0 Å². The maximum Gasteiger partial charge on any atom is 0.191 e. The zero-order valence-electron chi connectivity index (χ0n) is 8.42. The molecular formula is C7H9ClN6S2. The Morgan fingerprint density at radius 3 is 2.81 bits per heavy atom. The number of nitrogens with zero attached hydrogens (tertiary/aromatic N) is 5. The molecule has 2 aromatic rings. The Hall–Kier alpha value is -0.700. The highest BCUT2D eigenvalue weighted by atomic mass is 35.5. The molecule has 0 atom stereocenters. The SMILES string of the molecule is Cn1c(CN)nnc1SCc1nnsc1Cl. The molecule has 0 radical (unpaired) electrons. The molecule has 2 aromatic heterocycles. The average molecular weight is 277 g/mol. The Morgan fingerprint density at radius 2 is 2.25 bits per heavy atom. The van der Waals surface area contributed by atoms with Crippen LogP contribution >= 0.6 is 34.9 Å². The van der Waals surface area contributed by atoms with Gasteiger partial charge in [-0.15, -0.1) is 15.3 Å². The first kappa shape index (κ1) is 11.8. The molecule has 0 aromatic carbocycles. The predicted molar refractivity (Wildman–Crippen MR) is 63.4 cm³/mol. The molecular weight excluding hydrogens is 268 g/mol. The molecule has 2 N–H and O–H groups in total. The van der Waals surface area contributed by atoms with Gasteiger partial charge in [0.05, 0.1) is 6.54 Å². The van der Waals surface area contributed by atoms with Gasteiger partial charge in [-0.05, 0) is 0 Å². The molecule has 0 saturated heterocycles. The summed E-state index contributed by atoms with van der Waals surface area (Å²) in [6.07, 6.45) is 0. The summed E-state index contributed by atoms with van der Waals surface area (Å²) in [5, 5.41) is 12.7. The highest BCUT2D eigenvalue weighted by Crippen LogP contribution is 2.25. The van der Waals surface area contributed by atoms with E-state index in [4.69, 9.17) is 17.3 Å². The summed E-state index contributed by atoms with van der Waals surface area (Å²) in [6, 6.07) is 0. The number of nitrogens with two attached hydrogens (primary N) is 1. The molecule has 0 aliphatic carbocycles. The van der Waals surface area contributed by atoms with E-state index >= 15 is 0 Å². The molecule has 0 aliphatic rings. The number of rotatable bonds is 4. The van der Waals surface area contributed by atoms with Crippen LogP contribution in [0.25, 0.3) is 0 Å². The van der Waals surface area contributed by atoms with Crippen LogP contribution in [0.3, 0.4) is 0 Å². The normalized spacial score (nSPS) is 10.9. The Labute approximate surface area is 105 Å². The van der Waals surface area contributed by atoms with Gasteiger partial charge in [0, 0.05) is 24.3 Å². The van der Waals surface area contributed by atoms with Gasteiger partial charge in [-0.1, -0.05) is 27.9 Å². The molecule has 0 spiro atoms. The van der Waals surface area contributed by atoms with Gasteiger partial charge in [-0.25, -0.2) is 0 Å². The zero-order chi connectivity index (χ0) is 11.5. The fourth-order valence-electron chi connectivity index (χ4n) is 1.06. The quantitative estimate of drug-likeness (QED) is 0.841. The van der Waals surface area contributed by atoms with Gasteiger partial charge in [-0.3, -0.25) is 0 Å². The van der Waals surface area contributed by atoms with Gasteiger partial charge in [0.1, 0.15) is 15.9 Å². The standard InChI is InChI=1S/C7H9ClN6S2/c1-14-5(2-9)11-12-7(14)15-3-4-6(8)16-13-10-4/h2-3,9H2,1H3. The fraction of sp³-hybridized carbons (Fsp3) is 0.429. The van der Waals surface area contributed by atoms with Crippen molar-refractivity contribution in [2.24, 2.45) is 12.8 Å². The van der Waals surface area contributed by atoms with Crippen molar-refractivity contribution < 1.29 is 0 Å². The number of hydrogen-bond acceptors (Lipinski definition) is 7. The minimum Gasteiger partial charge on any atom is -0.324 e. The van der Waals surface area contributed by atoms with E-state index in [0.29, 0.717) is 16.6 Å². The summed E-state index contributed by atoms with van der Waals surface area (Å²) in [5.74, 6) is 1.39. The van der Waals surface area contributed by atoms with Crippen molar-refractivity contribution in [1.82, 2.24) is 24.4 Å². The van der Waals surface area contributed by atoms with Crippen LogP contribution in [-0.2, 0) is 19.3 Å². The maximum absolute atomic E-state index is 5.90. The van der Waals surface area contributed by atoms with E-state index in [1.54, 1.807) is 0 Å². The smallest absolute Gasteiger partial charge is 0.191 e. The lowest BCUT2D eigenvalue weighted by atomic mass is 10.6. The third-order valence-corrected chi connectivity index (χ3v) is 3.97. The van der Waals surface area contributed by atoms with Crippen LogP contribution in [0.15, 0.2) is 5.16 Å². The number of thioether (sulfide) groups is 1. The van der Waals surface area contributed by atoms with Crippen molar-refractivity contribution in [3.05, 3.63) is 15.9 Å². The van der Waals surface area contributed by atoms with Crippen LogP contribution in [0.4, 0.5) is 0 Å². The van der Waals surface area contributed by atoms with E-state index in [0.717, 1.165) is 16.7 Å². The Bertz CT molecular complexity index is 481. The first-order valence-corrected chi connectivity index (χ1v) is 6.54. The second-order valence-electron chi connectivity index (χ2n) is 2.94. The molecule has 0 aliphatic heterocycles. The van der Waals surface area contributed by atoms with Crippen LogP contribution in [0.5, 0.6) is 0 Å². The summed E-state index contributed by atoms with van der Waals surface area (Å²) in [5.41, 5.74) is 6.28. The van der Waals surface area contributed by atoms with E-state index in [1.165, 1.54) is 23.3 Å². The van der Waals surface area contributed by atoms with Crippen LogP contribution in [0, 0.1) is 0 Å². The zero-order valence-corrected chi connectivity index (χ0v) is 10.8. The molecule has 6 nitrogen and oxygen atoms in total. The van der Waals surface area contributed by atoms with Gasteiger partial charge in [0.15, 0.2) is 5.16 Å². The highest BCUT2D eigenvalue weighted by molar-refractivity contribution is 7.98. The molecule has 0 amide bonds. The van der Waals surface area contributed by atoms with Crippen LogP contribution in [0.1, 0.15) is 11.5 Å². The van der Waals surface area contributed by atoms with Crippen LogP contribution in [0.2, 0.25) is 4.34 Å². The molecule has 0 fully saturated rings. The second-order valence-corrected chi connectivity index (χ2v) is 5.24. The van der Waals surface area contributed by atoms with Crippen molar-refractivity contribution in [3.8, 4) is 0 Å². The first-order chi connectivity index (χ1) is 7.72. The summed E-state index contributed by atoms with van der Waals surface area (Å²) >= 11 is 8.59. The monoisotopic (exact) mass is 276 g/mol. The summed E-state index contributed by atoms with van der Waals surface area (Å²) in [4.78, 5) is 0. The first-order valence-electron chi connectivity index (χ1n) is 4.40. The topological polar surface area (TPSA) is 82.5 Å². The van der Waals surface area contributed by atoms with E-state index in [1.807, 2.05) is 11.6 Å². The van der Waals surface area contributed by atoms with Gasteiger partial charge in [-0.2, -0.15) is 0 Å². The molecule has 2 rings (SSSR count). The third kappa shape index (κ3) is 2.34. The number of halogens is 1. The van der Waals surface area contributed by atoms with E-state index in [2.05, 4.69) is 19.8 Å². The van der Waals surface area contributed by atoms with E-state index < -0.39 is 0 Å². The van der Waals surface area contributed by atoms with Crippen molar-refractivity contribution in [3.63, 3.8) is 0 Å². The minimum absolute atomic E-state index is 0.378. The maximum atomic E-state index is 5.90. The average Bonchev–Trinajstić information content (AvgIpc) is 2.83. The van der Waals surface area contributed by atoms with Crippen LogP contribution < -0.4 is 5.73 Å². The molecule has 0 bridgehead atoms. The van der Waals surface area contributed by atoms with Crippen molar-refractivity contribution in [2.75, 3.05) is 0 Å². The molecule has 0 saturated carbocycles. The van der Waals surface area contributed by atoms with E-state index in [9.17, 15) is 0 Å². The molecule has 9 heteroatoms.